The number of hydrogen-bond donors (Lipinski definition) is 3. The summed E-state index contributed by atoms with van der Waals surface area (Å²) >= 11 is 0. The molecule has 1 aromatic heterocycles. The molecule has 2 amide bonds. The summed E-state index contributed by atoms with van der Waals surface area (Å²) in [5, 5.41) is 17.8. The van der Waals surface area contributed by atoms with Crippen molar-refractivity contribution in [3.8, 4) is 5.88 Å². The number of methoxy groups -OCH3 is 1. The highest BCUT2D eigenvalue weighted by atomic mass is 16.5. The first kappa shape index (κ1) is 26.2. The van der Waals surface area contributed by atoms with Gasteiger partial charge in [-0.2, -0.15) is 0 Å². The van der Waals surface area contributed by atoms with Crippen LogP contribution < -0.4 is 15.4 Å². The number of carbonyl (C=O) groups is 2. The number of nitrogens with zero attached hydrogens (tertiary/aromatic N) is 1. The normalized spacial score (nSPS) is 13.8. The molecule has 0 fully saturated rings. The summed E-state index contributed by atoms with van der Waals surface area (Å²) in [6.07, 6.45) is 0.368. The molecule has 3 rings (SSSR count). The maximum Gasteiger partial charge on any atom is 0.257 e. The second-order valence-corrected chi connectivity index (χ2v) is 9.25. The van der Waals surface area contributed by atoms with Crippen LogP contribution in [0.25, 0.3) is 10.9 Å². The Kier molecular flexibility index (Phi) is 9.20. The minimum Gasteiger partial charge on any atom is -0.480 e. The highest BCUT2D eigenvalue weighted by Crippen LogP contribution is 2.24. The van der Waals surface area contributed by atoms with Crippen molar-refractivity contribution in [2.75, 3.05) is 14.2 Å². The molecule has 3 aromatic rings. The quantitative estimate of drug-likeness (QED) is 0.391. The van der Waals surface area contributed by atoms with Crippen LogP contribution in [0.4, 0.5) is 0 Å². The lowest BCUT2D eigenvalue weighted by Gasteiger charge is -2.28. The van der Waals surface area contributed by atoms with Crippen LogP contribution in [-0.4, -0.2) is 48.2 Å². The van der Waals surface area contributed by atoms with Gasteiger partial charge in [-0.3, -0.25) is 9.59 Å². The van der Waals surface area contributed by atoms with Crippen molar-refractivity contribution in [1.29, 1.82) is 0 Å². The summed E-state index contributed by atoms with van der Waals surface area (Å²) in [6, 6.07) is 18.3. The van der Waals surface area contributed by atoms with Crippen LogP contribution in [0.15, 0.2) is 60.7 Å². The maximum atomic E-state index is 13.4. The number of ether oxygens (including phenoxy) is 1. The Morgan fingerprint density at radius 3 is 2.37 bits per heavy atom. The lowest BCUT2D eigenvalue weighted by atomic mass is 9.87. The van der Waals surface area contributed by atoms with Crippen LogP contribution in [0.3, 0.4) is 0 Å². The minimum atomic E-state index is -0.931. The molecule has 0 aliphatic rings. The lowest BCUT2D eigenvalue weighted by molar-refractivity contribution is -0.126. The molecule has 0 unspecified atom stereocenters. The molecule has 0 aliphatic carbocycles. The van der Waals surface area contributed by atoms with Crippen molar-refractivity contribution < 1.29 is 19.4 Å². The van der Waals surface area contributed by atoms with Gasteiger partial charge in [0.1, 0.15) is 5.56 Å². The van der Waals surface area contributed by atoms with Crippen molar-refractivity contribution in [2.24, 2.45) is 11.8 Å². The molecule has 3 atom stereocenters. The molecule has 0 saturated carbocycles. The monoisotopic (exact) mass is 477 g/mol. The zero-order chi connectivity index (χ0) is 25.4. The molecular formula is C28H35N3O4. The zero-order valence-corrected chi connectivity index (χ0v) is 20.8. The first-order valence-corrected chi connectivity index (χ1v) is 12.0. The second kappa shape index (κ2) is 12.3. The highest BCUT2D eigenvalue weighted by Gasteiger charge is 2.29. The molecule has 186 valence electrons. The van der Waals surface area contributed by atoms with E-state index < -0.39 is 12.1 Å². The fourth-order valence-electron chi connectivity index (χ4n) is 4.35. The number of para-hydroxylation sites is 1. The molecule has 2 aromatic carbocycles. The van der Waals surface area contributed by atoms with E-state index in [4.69, 9.17) is 4.74 Å². The molecule has 7 nitrogen and oxygen atoms in total. The van der Waals surface area contributed by atoms with Crippen LogP contribution in [0, 0.1) is 11.8 Å². The molecule has 0 aliphatic heterocycles. The Balaban J connectivity index is 1.88. The van der Waals surface area contributed by atoms with E-state index in [1.165, 1.54) is 7.11 Å². The van der Waals surface area contributed by atoms with Gasteiger partial charge in [-0.15, -0.1) is 0 Å². The molecule has 0 spiro atoms. The fourth-order valence-corrected chi connectivity index (χ4v) is 4.35. The van der Waals surface area contributed by atoms with E-state index in [1.54, 1.807) is 13.1 Å². The third kappa shape index (κ3) is 7.02. The van der Waals surface area contributed by atoms with Crippen LogP contribution in [-0.2, 0) is 11.2 Å². The average molecular weight is 478 g/mol. The van der Waals surface area contributed by atoms with Gasteiger partial charge >= 0.3 is 0 Å². The van der Waals surface area contributed by atoms with Crippen LogP contribution >= 0.6 is 0 Å². The standard InChI is InChI=1S/C28H35N3O4/c1-18(2)14-21(26(33)29-3)17-25(32)24(15-19-10-6-5-7-11-19)30-27(34)22-16-20-12-8-9-13-23(20)31-28(22)35-4/h5-13,16,18,21,24-25,32H,14-15,17H2,1-4H3,(H,29,33)(H,30,34)/t21-,24+,25+/m1/s1. The van der Waals surface area contributed by atoms with Gasteiger partial charge in [-0.25, -0.2) is 4.98 Å². The predicted molar refractivity (Wildman–Crippen MR) is 137 cm³/mol. The number of pyridine rings is 1. The maximum absolute atomic E-state index is 13.4. The van der Waals surface area contributed by atoms with Gasteiger partial charge < -0.3 is 20.5 Å². The summed E-state index contributed by atoms with van der Waals surface area (Å²) in [4.78, 5) is 30.4. The highest BCUT2D eigenvalue weighted by molar-refractivity contribution is 6.00. The van der Waals surface area contributed by atoms with E-state index in [9.17, 15) is 14.7 Å². The first-order valence-electron chi connectivity index (χ1n) is 12.0. The number of aromatic nitrogens is 1. The van der Waals surface area contributed by atoms with Gasteiger partial charge in [0.05, 0.1) is 24.8 Å². The van der Waals surface area contributed by atoms with Crippen molar-refractivity contribution in [3.63, 3.8) is 0 Å². The van der Waals surface area contributed by atoms with E-state index >= 15 is 0 Å². The van der Waals surface area contributed by atoms with E-state index in [-0.39, 0.29) is 30.0 Å². The molecular weight excluding hydrogens is 442 g/mol. The third-order valence-electron chi connectivity index (χ3n) is 6.11. The number of aliphatic hydroxyl groups excluding tert-OH is 1. The molecule has 35 heavy (non-hydrogen) atoms. The number of aliphatic hydroxyl groups is 1. The predicted octanol–water partition coefficient (Wildman–Crippen LogP) is 3.74. The third-order valence-corrected chi connectivity index (χ3v) is 6.11. The summed E-state index contributed by atoms with van der Waals surface area (Å²) in [7, 11) is 3.08. The Labute approximate surface area is 206 Å². The number of amides is 2. The minimum absolute atomic E-state index is 0.108. The van der Waals surface area contributed by atoms with Gasteiger partial charge in [0.15, 0.2) is 0 Å². The number of carbonyl (C=O) groups excluding carboxylic acids is 2. The van der Waals surface area contributed by atoms with Gasteiger partial charge in [0.2, 0.25) is 11.8 Å². The van der Waals surface area contributed by atoms with Crippen molar-refractivity contribution in [1.82, 2.24) is 15.6 Å². The van der Waals surface area contributed by atoms with Gasteiger partial charge in [0, 0.05) is 18.4 Å². The fraction of sp³-hybridized carbons (Fsp3) is 0.393. The van der Waals surface area contributed by atoms with Gasteiger partial charge in [-0.1, -0.05) is 62.4 Å². The first-order chi connectivity index (χ1) is 16.8. The largest absolute Gasteiger partial charge is 0.480 e. The van der Waals surface area contributed by atoms with Crippen molar-refractivity contribution in [3.05, 3.63) is 71.8 Å². The van der Waals surface area contributed by atoms with E-state index in [2.05, 4.69) is 15.6 Å². The molecule has 0 bridgehead atoms. The number of benzene rings is 2. The topological polar surface area (TPSA) is 101 Å². The average Bonchev–Trinajstić information content (AvgIpc) is 2.86. The SMILES string of the molecule is CNC(=O)[C@H](CC(C)C)C[C@H](O)[C@H](Cc1ccccc1)NC(=O)c1cc2ccccc2nc1OC. The Hall–Kier alpha value is -3.45. The Bertz CT molecular complexity index is 1130. The summed E-state index contributed by atoms with van der Waals surface area (Å²) in [5.41, 5.74) is 1.99. The van der Waals surface area contributed by atoms with Crippen LogP contribution in [0.2, 0.25) is 0 Å². The van der Waals surface area contributed by atoms with Gasteiger partial charge in [0.25, 0.3) is 5.91 Å². The van der Waals surface area contributed by atoms with Crippen molar-refractivity contribution >= 4 is 22.7 Å². The molecule has 3 N–H and O–H groups in total. The zero-order valence-electron chi connectivity index (χ0n) is 20.8. The van der Waals surface area contributed by atoms with E-state index in [0.29, 0.717) is 24.3 Å². The number of nitrogens with one attached hydrogen (secondary N) is 2. The molecule has 1 heterocycles. The molecule has 7 heteroatoms. The number of fused-ring (bicyclic) bond motifs is 1. The molecule has 0 radical (unpaired) electrons. The Morgan fingerprint density at radius 1 is 1.03 bits per heavy atom. The van der Waals surface area contributed by atoms with Gasteiger partial charge in [-0.05, 0) is 42.9 Å². The number of rotatable bonds is 11. The summed E-state index contributed by atoms with van der Waals surface area (Å²) in [5.74, 6) is -0.345. The van der Waals surface area contributed by atoms with Crippen LogP contribution in [0.1, 0.15) is 42.6 Å². The van der Waals surface area contributed by atoms with E-state index in [1.807, 2.05) is 68.4 Å². The smallest absolute Gasteiger partial charge is 0.257 e. The summed E-state index contributed by atoms with van der Waals surface area (Å²) in [6.45, 7) is 4.09. The lowest BCUT2D eigenvalue weighted by Crippen LogP contribution is -2.46. The molecule has 0 saturated heterocycles. The van der Waals surface area contributed by atoms with Crippen LogP contribution in [0.5, 0.6) is 5.88 Å². The summed E-state index contributed by atoms with van der Waals surface area (Å²) < 4.78 is 5.40. The van der Waals surface area contributed by atoms with E-state index in [0.717, 1.165) is 16.5 Å². The Morgan fingerprint density at radius 2 is 1.71 bits per heavy atom. The second-order valence-electron chi connectivity index (χ2n) is 9.25. The number of hydrogen-bond acceptors (Lipinski definition) is 5. The van der Waals surface area contributed by atoms with Crippen molar-refractivity contribution in [2.45, 2.75) is 45.3 Å².